The molecular weight excluding hydrogens is 259 g/mol. The Balaban J connectivity index is 2.76. The predicted molar refractivity (Wildman–Crippen MR) is 77.3 cm³/mol. The van der Waals surface area contributed by atoms with Crippen molar-refractivity contribution in [3.8, 4) is 5.75 Å². The number of ether oxygens (including phenoxy) is 1. The standard InChI is InChI=1S/C15H23FN2O2/c1-10(2)13(17)7-8-18(3)15(19)12-9-11(16)5-6-14(12)20-4/h5-6,9-10,13H,7-8,17H2,1-4H3. The van der Waals surface area contributed by atoms with Crippen LogP contribution in [0.25, 0.3) is 0 Å². The Morgan fingerprint density at radius 1 is 1.45 bits per heavy atom. The van der Waals surface area contributed by atoms with Crippen molar-refractivity contribution in [1.82, 2.24) is 4.90 Å². The Morgan fingerprint density at radius 3 is 2.65 bits per heavy atom. The molecule has 20 heavy (non-hydrogen) atoms. The van der Waals surface area contributed by atoms with E-state index in [4.69, 9.17) is 10.5 Å². The number of amides is 1. The molecule has 0 aromatic heterocycles. The first kappa shape index (κ1) is 16.4. The lowest BCUT2D eigenvalue weighted by Crippen LogP contribution is -2.34. The molecule has 4 nitrogen and oxygen atoms in total. The number of nitrogens with two attached hydrogens (primary N) is 1. The van der Waals surface area contributed by atoms with Gasteiger partial charge in [0, 0.05) is 19.6 Å². The quantitative estimate of drug-likeness (QED) is 0.871. The van der Waals surface area contributed by atoms with E-state index in [9.17, 15) is 9.18 Å². The van der Waals surface area contributed by atoms with Crippen LogP contribution in [0.2, 0.25) is 0 Å². The first-order valence-corrected chi connectivity index (χ1v) is 6.71. The number of halogens is 1. The lowest BCUT2D eigenvalue weighted by atomic mass is 10.0. The molecule has 1 aromatic rings. The number of nitrogens with zero attached hydrogens (tertiary/aromatic N) is 1. The maximum atomic E-state index is 13.3. The minimum Gasteiger partial charge on any atom is -0.496 e. The van der Waals surface area contributed by atoms with Crippen LogP contribution in [0.15, 0.2) is 18.2 Å². The fraction of sp³-hybridized carbons (Fsp3) is 0.533. The summed E-state index contributed by atoms with van der Waals surface area (Å²) in [4.78, 5) is 13.8. The van der Waals surface area contributed by atoms with E-state index < -0.39 is 5.82 Å². The molecule has 0 aliphatic heterocycles. The average molecular weight is 282 g/mol. The molecule has 1 aromatic carbocycles. The van der Waals surface area contributed by atoms with Crippen molar-refractivity contribution in [1.29, 1.82) is 0 Å². The van der Waals surface area contributed by atoms with Gasteiger partial charge in [0.05, 0.1) is 12.7 Å². The summed E-state index contributed by atoms with van der Waals surface area (Å²) < 4.78 is 18.4. The lowest BCUT2D eigenvalue weighted by Gasteiger charge is -2.22. The molecule has 0 heterocycles. The van der Waals surface area contributed by atoms with Gasteiger partial charge in [-0.05, 0) is 30.5 Å². The highest BCUT2D eigenvalue weighted by Gasteiger charge is 2.18. The second-order valence-electron chi connectivity index (χ2n) is 5.27. The van der Waals surface area contributed by atoms with Crippen LogP contribution in [0.5, 0.6) is 5.75 Å². The summed E-state index contributed by atoms with van der Waals surface area (Å²) >= 11 is 0. The lowest BCUT2D eigenvalue weighted by molar-refractivity contribution is 0.0785. The summed E-state index contributed by atoms with van der Waals surface area (Å²) in [5.41, 5.74) is 6.19. The summed E-state index contributed by atoms with van der Waals surface area (Å²) in [7, 11) is 3.14. The molecule has 1 unspecified atom stereocenters. The van der Waals surface area contributed by atoms with Gasteiger partial charge >= 0.3 is 0 Å². The van der Waals surface area contributed by atoms with Gasteiger partial charge in [-0.1, -0.05) is 13.8 Å². The molecule has 1 amide bonds. The van der Waals surface area contributed by atoms with Gasteiger partial charge in [-0.25, -0.2) is 4.39 Å². The van der Waals surface area contributed by atoms with Gasteiger partial charge in [0.25, 0.3) is 5.91 Å². The highest BCUT2D eigenvalue weighted by atomic mass is 19.1. The molecule has 0 saturated heterocycles. The smallest absolute Gasteiger partial charge is 0.257 e. The zero-order valence-corrected chi connectivity index (χ0v) is 12.5. The number of carbonyl (C=O) groups excluding carboxylic acids is 1. The summed E-state index contributed by atoms with van der Waals surface area (Å²) in [6.07, 6.45) is 0.706. The van der Waals surface area contributed by atoms with Gasteiger partial charge < -0.3 is 15.4 Å². The molecule has 0 bridgehead atoms. The SMILES string of the molecule is COc1ccc(F)cc1C(=O)N(C)CCC(N)C(C)C. The Kier molecular flexibility index (Phi) is 5.95. The number of rotatable bonds is 6. The van der Waals surface area contributed by atoms with E-state index in [0.29, 0.717) is 24.6 Å². The van der Waals surface area contributed by atoms with Crippen molar-refractivity contribution in [3.05, 3.63) is 29.6 Å². The van der Waals surface area contributed by atoms with Crippen LogP contribution in [-0.4, -0.2) is 37.6 Å². The zero-order valence-electron chi connectivity index (χ0n) is 12.5. The van der Waals surface area contributed by atoms with Crippen LogP contribution in [0.1, 0.15) is 30.6 Å². The topological polar surface area (TPSA) is 55.6 Å². The molecule has 2 N–H and O–H groups in total. The predicted octanol–water partition coefficient (Wildman–Crippen LogP) is 2.28. The van der Waals surface area contributed by atoms with Crippen LogP contribution < -0.4 is 10.5 Å². The van der Waals surface area contributed by atoms with Gasteiger partial charge in [-0.2, -0.15) is 0 Å². The van der Waals surface area contributed by atoms with E-state index in [1.165, 1.54) is 25.3 Å². The maximum absolute atomic E-state index is 13.3. The second kappa shape index (κ2) is 7.24. The number of carbonyl (C=O) groups is 1. The summed E-state index contributed by atoms with van der Waals surface area (Å²) in [5.74, 6) is 0.0114. The average Bonchev–Trinajstić information content (AvgIpc) is 2.43. The summed E-state index contributed by atoms with van der Waals surface area (Å²) in [6, 6.07) is 3.96. The van der Waals surface area contributed by atoms with E-state index in [2.05, 4.69) is 0 Å². The van der Waals surface area contributed by atoms with Crippen molar-refractivity contribution < 1.29 is 13.9 Å². The van der Waals surface area contributed by atoms with Crippen molar-refractivity contribution in [2.75, 3.05) is 20.7 Å². The van der Waals surface area contributed by atoms with Crippen molar-refractivity contribution in [2.45, 2.75) is 26.3 Å². The Morgan fingerprint density at radius 2 is 2.10 bits per heavy atom. The van der Waals surface area contributed by atoms with Gasteiger partial charge in [-0.15, -0.1) is 0 Å². The monoisotopic (exact) mass is 282 g/mol. The molecular formula is C15H23FN2O2. The maximum Gasteiger partial charge on any atom is 0.257 e. The van der Waals surface area contributed by atoms with E-state index in [-0.39, 0.29) is 17.5 Å². The van der Waals surface area contributed by atoms with Gasteiger partial charge in [0.2, 0.25) is 0 Å². The van der Waals surface area contributed by atoms with E-state index in [1.807, 2.05) is 13.8 Å². The Labute approximate surface area is 119 Å². The third kappa shape index (κ3) is 4.20. The molecule has 112 valence electrons. The molecule has 5 heteroatoms. The third-order valence-corrected chi connectivity index (χ3v) is 3.39. The fourth-order valence-corrected chi connectivity index (χ4v) is 1.83. The fourth-order valence-electron chi connectivity index (χ4n) is 1.83. The zero-order chi connectivity index (χ0) is 15.3. The van der Waals surface area contributed by atoms with Crippen LogP contribution in [-0.2, 0) is 0 Å². The van der Waals surface area contributed by atoms with Crippen LogP contribution in [0.4, 0.5) is 4.39 Å². The van der Waals surface area contributed by atoms with E-state index in [0.717, 1.165) is 0 Å². The number of hydrogen-bond acceptors (Lipinski definition) is 3. The van der Waals surface area contributed by atoms with Gasteiger partial charge in [-0.3, -0.25) is 4.79 Å². The molecule has 1 rings (SSSR count). The van der Waals surface area contributed by atoms with Crippen molar-refractivity contribution in [3.63, 3.8) is 0 Å². The minimum atomic E-state index is -0.457. The first-order chi connectivity index (χ1) is 9.36. The molecule has 0 spiro atoms. The summed E-state index contributed by atoms with van der Waals surface area (Å²) in [6.45, 7) is 4.61. The van der Waals surface area contributed by atoms with Gasteiger partial charge in [0.15, 0.2) is 0 Å². The van der Waals surface area contributed by atoms with Crippen molar-refractivity contribution in [2.24, 2.45) is 11.7 Å². The van der Waals surface area contributed by atoms with Crippen LogP contribution in [0.3, 0.4) is 0 Å². The van der Waals surface area contributed by atoms with Crippen molar-refractivity contribution >= 4 is 5.91 Å². The third-order valence-electron chi connectivity index (χ3n) is 3.39. The molecule has 1 atom stereocenters. The number of hydrogen-bond donors (Lipinski definition) is 1. The Hall–Kier alpha value is -1.62. The molecule has 0 radical (unpaired) electrons. The first-order valence-electron chi connectivity index (χ1n) is 6.71. The van der Waals surface area contributed by atoms with E-state index in [1.54, 1.807) is 11.9 Å². The van der Waals surface area contributed by atoms with E-state index >= 15 is 0 Å². The molecule has 0 saturated carbocycles. The highest BCUT2D eigenvalue weighted by molar-refractivity contribution is 5.96. The van der Waals surface area contributed by atoms with Crippen LogP contribution >= 0.6 is 0 Å². The Bertz CT molecular complexity index is 463. The highest BCUT2D eigenvalue weighted by Crippen LogP contribution is 2.21. The largest absolute Gasteiger partial charge is 0.496 e. The second-order valence-corrected chi connectivity index (χ2v) is 5.27. The van der Waals surface area contributed by atoms with Crippen LogP contribution in [0, 0.1) is 11.7 Å². The van der Waals surface area contributed by atoms with Gasteiger partial charge in [0.1, 0.15) is 11.6 Å². The minimum absolute atomic E-state index is 0.0413. The molecule has 0 aliphatic rings. The molecule has 0 aliphatic carbocycles. The summed E-state index contributed by atoms with van der Waals surface area (Å²) in [5, 5.41) is 0. The number of benzene rings is 1. The number of methoxy groups -OCH3 is 1. The molecule has 0 fully saturated rings. The normalized spacial score (nSPS) is 12.3.